The molecule has 0 radical (unpaired) electrons. The number of ether oxygens (including phenoxy) is 1. The standard InChI is InChI=1S/C22H24FN7O5S/c1-11-15(7-28-21-20(11)26-3-4-35-21)14-5-12-6-17(27-8-16(12)19(24)18(14)23)30(22(31)32)13-9-29(10-13)36(33,34)25-2/h5-8,13,25-26H,3-4,9-10,24H2,1-2H3,(H,31,32). The number of amides is 1. The lowest BCUT2D eigenvalue weighted by atomic mass is 9.97. The second-order valence-corrected chi connectivity index (χ2v) is 10.4. The molecule has 0 bridgehead atoms. The summed E-state index contributed by atoms with van der Waals surface area (Å²) in [4.78, 5) is 21.6. The lowest BCUT2D eigenvalue weighted by molar-refractivity contribution is 0.183. The zero-order chi connectivity index (χ0) is 25.8. The van der Waals surface area contributed by atoms with E-state index in [9.17, 15) is 18.3 Å². The van der Waals surface area contributed by atoms with Crippen LogP contribution in [-0.2, 0) is 10.2 Å². The minimum Gasteiger partial charge on any atom is -0.474 e. The van der Waals surface area contributed by atoms with E-state index in [4.69, 9.17) is 10.5 Å². The molecule has 12 nitrogen and oxygen atoms in total. The number of aromatic nitrogens is 2. The Morgan fingerprint density at radius 3 is 2.75 bits per heavy atom. The fourth-order valence-electron chi connectivity index (χ4n) is 4.45. The minimum atomic E-state index is -3.66. The van der Waals surface area contributed by atoms with Crippen LogP contribution >= 0.6 is 0 Å². The van der Waals surface area contributed by atoms with Crippen molar-refractivity contribution in [1.29, 1.82) is 0 Å². The number of anilines is 3. The number of nitrogens with two attached hydrogens (primary N) is 1. The maximum Gasteiger partial charge on any atom is 0.413 e. The van der Waals surface area contributed by atoms with Gasteiger partial charge in [0.25, 0.3) is 10.2 Å². The molecule has 1 saturated heterocycles. The lowest BCUT2D eigenvalue weighted by Crippen LogP contribution is -2.64. The molecule has 0 spiro atoms. The van der Waals surface area contributed by atoms with Crippen LogP contribution in [0.1, 0.15) is 5.56 Å². The first-order valence-electron chi connectivity index (χ1n) is 11.1. The van der Waals surface area contributed by atoms with Gasteiger partial charge in [0.05, 0.1) is 11.7 Å². The summed E-state index contributed by atoms with van der Waals surface area (Å²) in [5.74, 6) is -0.121. The molecule has 4 heterocycles. The molecule has 0 aliphatic carbocycles. The third kappa shape index (κ3) is 3.83. The van der Waals surface area contributed by atoms with E-state index in [1.54, 1.807) is 6.07 Å². The Bertz CT molecular complexity index is 1490. The number of benzene rings is 1. The molecule has 14 heteroatoms. The highest BCUT2D eigenvalue weighted by Gasteiger charge is 2.41. The van der Waals surface area contributed by atoms with E-state index in [1.807, 2.05) is 6.92 Å². The SMILES string of the molecule is CNS(=O)(=O)N1CC(N(C(=O)O)c2cc3cc(-c4cnc5c(c4C)NCCO5)c(F)c(N)c3cn2)C1. The van der Waals surface area contributed by atoms with Gasteiger partial charge < -0.3 is 20.9 Å². The Kier molecular flexibility index (Phi) is 5.81. The fourth-order valence-corrected chi connectivity index (χ4v) is 5.45. The van der Waals surface area contributed by atoms with Crippen LogP contribution in [0.15, 0.2) is 24.5 Å². The molecule has 2 aliphatic heterocycles. The molecule has 5 N–H and O–H groups in total. The van der Waals surface area contributed by atoms with Crippen molar-refractivity contribution in [2.24, 2.45) is 0 Å². The maximum absolute atomic E-state index is 15.4. The smallest absolute Gasteiger partial charge is 0.413 e. The highest BCUT2D eigenvalue weighted by atomic mass is 32.2. The van der Waals surface area contributed by atoms with Crippen LogP contribution in [0.3, 0.4) is 0 Å². The third-order valence-corrected chi connectivity index (χ3v) is 7.96. The number of halogens is 1. The van der Waals surface area contributed by atoms with E-state index >= 15 is 4.39 Å². The molecule has 2 aliphatic rings. The number of hydrogen-bond acceptors (Lipinski definition) is 8. The average Bonchev–Trinajstić information content (AvgIpc) is 2.83. The highest BCUT2D eigenvalue weighted by molar-refractivity contribution is 7.87. The summed E-state index contributed by atoms with van der Waals surface area (Å²) in [6.45, 7) is 2.84. The summed E-state index contributed by atoms with van der Waals surface area (Å²) in [6.07, 6.45) is 1.54. The summed E-state index contributed by atoms with van der Waals surface area (Å²) in [7, 11) is -2.38. The van der Waals surface area contributed by atoms with Gasteiger partial charge in [-0.2, -0.15) is 12.7 Å². The summed E-state index contributed by atoms with van der Waals surface area (Å²) in [5.41, 5.74) is 8.12. The van der Waals surface area contributed by atoms with Gasteiger partial charge >= 0.3 is 6.09 Å². The van der Waals surface area contributed by atoms with Gasteiger partial charge in [-0.05, 0) is 30.0 Å². The zero-order valence-electron chi connectivity index (χ0n) is 19.4. The Morgan fingerprint density at radius 1 is 1.31 bits per heavy atom. The van der Waals surface area contributed by atoms with Crippen molar-refractivity contribution in [2.45, 2.75) is 13.0 Å². The molecule has 190 valence electrons. The van der Waals surface area contributed by atoms with Crippen LogP contribution in [0.4, 0.5) is 26.4 Å². The molecule has 1 amide bonds. The van der Waals surface area contributed by atoms with Crippen molar-refractivity contribution < 1.29 is 27.4 Å². The number of rotatable bonds is 5. The van der Waals surface area contributed by atoms with Crippen LogP contribution in [0.5, 0.6) is 5.88 Å². The van der Waals surface area contributed by atoms with Crippen LogP contribution in [0, 0.1) is 12.7 Å². The van der Waals surface area contributed by atoms with E-state index in [1.165, 1.54) is 25.5 Å². The van der Waals surface area contributed by atoms with Crippen molar-refractivity contribution in [2.75, 3.05) is 49.2 Å². The molecule has 36 heavy (non-hydrogen) atoms. The Balaban J connectivity index is 1.56. The molecule has 1 aromatic carbocycles. The van der Waals surface area contributed by atoms with Crippen LogP contribution in [0.25, 0.3) is 21.9 Å². The number of carbonyl (C=O) groups is 1. The molecule has 0 saturated carbocycles. The van der Waals surface area contributed by atoms with E-state index in [0.29, 0.717) is 41.1 Å². The van der Waals surface area contributed by atoms with Crippen LogP contribution in [-0.4, -0.2) is 73.2 Å². The van der Waals surface area contributed by atoms with E-state index in [2.05, 4.69) is 20.0 Å². The predicted molar refractivity (Wildman–Crippen MR) is 132 cm³/mol. The van der Waals surface area contributed by atoms with Crippen LogP contribution < -0.4 is 25.4 Å². The maximum atomic E-state index is 15.4. The molecular formula is C22H24FN7O5S. The zero-order valence-corrected chi connectivity index (χ0v) is 20.3. The molecule has 5 rings (SSSR count). The topological polar surface area (TPSA) is 163 Å². The predicted octanol–water partition coefficient (Wildman–Crippen LogP) is 1.76. The van der Waals surface area contributed by atoms with E-state index in [0.717, 1.165) is 14.8 Å². The van der Waals surface area contributed by atoms with E-state index in [-0.39, 0.29) is 30.2 Å². The number of pyridine rings is 2. The first kappa shape index (κ1) is 24.0. The molecule has 2 aromatic heterocycles. The number of nitrogen functional groups attached to an aromatic ring is 1. The van der Waals surface area contributed by atoms with Gasteiger partial charge in [0, 0.05) is 55.6 Å². The minimum absolute atomic E-state index is 0.0267. The number of nitrogens with zero attached hydrogens (tertiary/aromatic N) is 4. The van der Waals surface area contributed by atoms with Gasteiger partial charge in [0.15, 0.2) is 5.82 Å². The Hall–Kier alpha value is -3.75. The van der Waals surface area contributed by atoms with Gasteiger partial charge in [0.2, 0.25) is 5.88 Å². The highest BCUT2D eigenvalue weighted by Crippen LogP contribution is 2.40. The first-order valence-corrected chi connectivity index (χ1v) is 12.5. The van der Waals surface area contributed by atoms with Gasteiger partial charge in [-0.15, -0.1) is 0 Å². The third-order valence-electron chi connectivity index (χ3n) is 6.47. The van der Waals surface area contributed by atoms with Crippen LogP contribution in [0.2, 0.25) is 0 Å². The summed E-state index contributed by atoms with van der Waals surface area (Å²) in [5, 5.41) is 13.9. The summed E-state index contributed by atoms with van der Waals surface area (Å²) in [6, 6.07) is 2.44. The van der Waals surface area contributed by atoms with Crippen molar-refractivity contribution in [3.05, 3.63) is 35.9 Å². The quantitative estimate of drug-likeness (QED) is 0.369. The Morgan fingerprint density at radius 2 is 2.06 bits per heavy atom. The van der Waals surface area contributed by atoms with Crippen molar-refractivity contribution in [1.82, 2.24) is 19.0 Å². The first-order chi connectivity index (χ1) is 17.1. The van der Waals surface area contributed by atoms with Gasteiger partial charge in [-0.25, -0.2) is 23.9 Å². The molecule has 0 atom stereocenters. The van der Waals surface area contributed by atoms with Gasteiger partial charge in [-0.3, -0.25) is 4.90 Å². The number of nitrogens with one attached hydrogen (secondary N) is 2. The number of hydrogen-bond donors (Lipinski definition) is 4. The summed E-state index contributed by atoms with van der Waals surface area (Å²) < 4.78 is 48.2. The van der Waals surface area contributed by atoms with Crippen molar-refractivity contribution in [3.63, 3.8) is 0 Å². The second kappa shape index (κ2) is 8.72. The van der Waals surface area contributed by atoms with Gasteiger partial charge in [-0.1, -0.05) is 0 Å². The molecule has 3 aromatic rings. The second-order valence-electron chi connectivity index (χ2n) is 8.50. The van der Waals surface area contributed by atoms with Gasteiger partial charge in [0.1, 0.15) is 18.1 Å². The Labute approximate surface area is 206 Å². The average molecular weight is 518 g/mol. The van der Waals surface area contributed by atoms with Crippen molar-refractivity contribution >= 4 is 44.3 Å². The number of fused-ring (bicyclic) bond motifs is 2. The van der Waals surface area contributed by atoms with Crippen molar-refractivity contribution in [3.8, 4) is 17.0 Å². The molecular weight excluding hydrogens is 493 g/mol. The van der Waals surface area contributed by atoms with E-state index < -0.39 is 28.2 Å². The number of carboxylic acid groups (broad SMARTS) is 1. The normalized spacial score (nSPS) is 16.1. The molecule has 0 unspecified atom stereocenters. The largest absolute Gasteiger partial charge is 0.474 e. The fraction of sp³-hybridized carbons (Fsp3) is 0.318. The monoisotopic (exact) mass is 517 g/mol. The lowest BCUT2D eigenvalue weighted by Gasteiger charge is -2.42. The molecule has 1 fully saturated rings. The summed E-state index contributed by atoms with van der Waals surface area (Å²) >= 11 is 0.